The highest BCUT2D eigenvalue weighted by molar-refractivity contribution is 7.81. The van der Waals surface area contributed by atoms with Crippen molar-refractivity contribution in [2.24, 2.45) is 5.92 Å². The molecule has 18 heteroatoms. The summed E-state index contributed by atoms with van der Waals surface area (Å²) in [7, 11) is 0. The van der Waals surface area contributed by atoms with E-state index in [0.717, 1.165) is 22.2 Å². The molecule has 0 bridgehead atoms. The van der Waals surface area contributed by atoms with Gasteiger partial charge in [-0.1, -0.05) is 17.7 Å². The van der Waals surface area contributed by atoms with Crippen LogP contribution in [0.3, 0.4) is 0 Å². The first kappa shape index (κ1) is 43.6. The number of nitrogens with zero attached hydrogens (tertiary/aromatic N) is 6. The number of ether oxygens (including phenoxy) is 1. The molecule has 6 rings (SSSR count). The quantitative estimate of drug-likeness (QED) is 0.126. The average molecular weight is 856 g/mol. The number of aryl methyl sites for hydroxylation is 1. The highest BCUT2D eigenvalue weighted by atomic mass is 35.5. The first-order valence-corrected chi connectivity index (χ1v) is 19.8. The molecule has 3 fully saturated rings. The number of amides is 3. The fourth-order valence-corrected chi connectivity index (χ4v) is 8.43. The maximum Gasteiger partial charge on any atom is 0.419 e. The Balaban J connectivity index is 1.02. The van der Waals surface area contributed by atoms with Crippen LogP contribution in [0.4, 0.5) is 28.9 Å². The number of piperidine rings is 1. The van der Waals surface area contributed by atoms with Crippen LogP contribution in [0.2, 0.25) is 5.02 Å². The molecule has 312 valence electrons. The molecular formula is C41H42ClF4N7O5S. The van der Waals surface area contributed by atoms with Crippen molar-refractivity contribution < 1.29 is 41.5 Å². The molecule has 1 N–H and O–H groups in total. The van der Waals surface area contributed by atoms with Crippen LogP contribution in [0.1, 0.15) is 54.6 Å². The number of imide groups is 1. The lowest BCUT2D eigenvalue weighted by Gasteiger charge is -2.34. The summed E-state index contributed by atoms with van der Waals surface area (Å²) in [6.45, 7) is 6.32. The molecule has 2 aromatic carbocycles. The molecule has 1 unspecified atom stereocenters. The van der Waals surface area contributed by atoms with Crippen molar-refractivity contribution in [2.75, 3.05) is 62.3 Å². The number of piperazine rings is 1. The molecule has 0 aliphatic carbocycles. The van der Waals surface area contributed by atoms with Gasteiger partial charge in [-0.2, -0.15) is 18.4 Å². The van der Waals surface area contributed by atoms with Crippen molar-refractivity contribution in [3.05, 3.63) is 81.6 Å². The van der Waals surface area contributed by atoms with Gasteiger partial charge in [0.15, 0.2) is 16.6 Å². The number of ketones is 1. The van der Waals surface area contributed by atoms with Crippen LogP contribution in [0.5, 0.6) is 5.75 Å². The van der Waals surface area contributed by atoms with E-state index in [2.05, 4.69) is 20.1 Å². The highest BCUT2D eigenvalue weighted by Gasteiger charge is 2.51. The Labute approximate surface area is 349 Å². The van der Waals surface area contributed by atoms with Gasteiger partial charge in [0, 0.05) is 68.6 Å². The van der Waals surface area contributed by atoms with Crippen LogP contribution >= 0.6 is 23.8 Å². The summed E-state index contributed by atoms with van der Waals surface area (Å²) < 4.78 is 61.1. The number of hydrogen-bond donors (Lipinski definition) is 1. The summed E-state index contributed by atoms with van der Waals surface area (Å²) in [4.78, 5) is 60.8. The van der Waals surface area contributed by atoms with Gasteiger partial charge in [-0.15, -0.1) is 0 Å². The lowest BCUT2D eigenvalue weighted by molar-refractivity contribution is -0.138. The number of rotatable bonds is 14. The Morgan fingerprint density at radius 3 is 2.44 bits per heavy atom. The van der Waals surface area contributed by atoms with Crippen molar-refractivity contribution in [1.82, 2.24) is 20.1 Å². The van der Waals surface area contributed by atoms with Gasteiger partial charge in [-0.25, -0.2) is 4.98 Å². The van der Waals surface area contributed by atoms with Gasteiger partial charge in [0.1, 0.15) is 24.0 Å². The summed E-state index contributed by atoms with van der Waals surface area (Å²) in [6, 6.07) is 12.5. The Morgan fingerprint density at radius 1 is 1.05 bits per heavy atom. The minimum atomic E-state index is -4.89. The van der Waals surface area contributed by atoms with Crippen molar-refractivity contribution in [1.29, 1.82) is 5.26 Å². The molecule has 3 amide bonds. The summed E-state index contributed by atoms with van der Waals surface area (Å²) in [5.41, 5.74) is -1.17. The number of hydrogen-bond acceptors (Lipinski definition) is 10. The van der Waals surface area contributed by atoms with Gasteiger partial charge in [0.25, 0.3) is 5.91 Å². The summed E-state index contributed by atoms with van der Waals surface area (Å²) in [5.74, 6) is -1.02. The smallest absolute Gasteiger partial charge is 0.419 e. The zero-order valence-corrected chi connectivity index (χ0v) is 34.0. The topological polar surface area (TPSA) is 139 Å². The van der Waals surface area contributed by atoms with Crippen LogP contribution < -0.4 is 19.9 Å². The van der Waals surface area contributed by atoms with E-state index in [1.54, 1.807) is 44.2 Å². The monoisotopic (exact) mass is 855 g/mol. The van der Waals surface area contributed by atoms with Gasteiger partial charge in [-0.3, -0.25) is 43.6 Å². The number of pyridine rings is 1. The second-order valence-corrected chi connectivity index (χ2v) is 16.1. The number of nitrogens with one attached hydrogen (secondary N) is 1. The predicted octanol–water partition coefficient (Wildman–Crippen LogP) is 5.46. The minimum Gasteiger partial charge on any atom is -0.492 e. The fraction of sp³-hybridized carbons (Fsp3) is 0.439. The third-order valence-electron chi connectivity index (χ3n) is 10.7. The number of benzene rings is 2. The predicted molar refractivity (Wildman–Crippen MR) is 215 cm³/mol. The van der Waals surface area contributed by atoms with Crippen LogP contribution in [-0.2, 0) is 44.6 Å². The normalized spacial score (nSPS) is 18.9. The largest absolute Gasteiger partial charge is 0.492 e. The molecule has 12 nitrogen and oxygen atoms in total. The molecule has 0 saturated carbocycles. The Kier molecular flexibility index (Phi) is 13.3. The molecule has 0 spiro atoms. The van der Waals surface area contributed by atoms with Crippen molar-refractivity contribution >= 4 is 63.8 Å². The first-order chi connectivity index (χ1) is 28.0. The maximum atomic E-state index is 13.8. The lowest BCUT2D eigenvalue weighted by Crippen LogP contribution is -2.48. The number of alkyl halides is 4. The highest BCUT2D eigenvalue weighted by Crippen LogP contribution is 2.40. The molecule has 0 radical (unpaired) electrons. The van der Waals surface area contributed by atoms with Gasteiger partial charge in [0.2, 0.25) is 11.8 Å². The van der Waals surface area contributed by atoms with Crippen LogP contribution in [-0.4, -0.2) is 101 Å². The molecule has 3 saturated heterocycles. The number of carbonyl (C=O) groups is 4. The van der Waals surface area contributed by atoms with Crippen molar-refractivity contribution in [3.63, 3.8) is 0 Å². The van der Waals surface area contributed by atoms with E-state index in [1.165, 1.54) is 11.0 Å². The number of nitriles is 1. The number of halogens is 5. The van der Waals surface area contributed by atoms with Crippen molar-refractivity contribution in [3.8, 4) is 11.8 Å². The van der Waals surface area contributed by atoms with E-state index in [1.807, 2.05) is 6.07 Å². The zero-order valence-electron chi connectivity index (χ0n) is 32.4. The van der Waals surface area contributed by atoms with E-state index >= 15 is 0 Å². The SMILES string of the molecule is CC1(C)C(=O)N(c2cnc(C#N)c(C(F)(F)F)c2)C(=S)N1c1ccc(OCCN2CCN(CC(=O)Cc3cc(Cl)cc(CC4CCC(=O)NC4=O)c3)CC2)c(CCF)c1. The van der Waals surface area contributed by atoms with Crippen molar-refractivity contribution in [2.45, 2.75) is 57.7 Å². The molecule has 3 aliphatic heterocycles. The molecule has 59 heavy (non-hydrogen) atoms. The molecule has 1 aromatic heterocycles. The Morgan fingerprint density at radius 2 is 1.76 bits per heavy atom. The fourth-order valence-electron chi connectivity index (χ4n) is 7.62. The molecule has 4 heterocycles. The number of thiocarbonyl (C=S) groups is 1. The lowest BCUT2D eigenvalue weighted by atomic mass is 9.90. The standard InChI is InChI=1S/C41H42ClF4N7O5S/c1-40(2)38(57)52(31-21-33(41(44,45)46)34(22-47)48-23-31)39(59)53(40)30-4-5-35(27(20-30)7-8-43)58-14-13-50-9-11-51(12-10-50)24-32(54)19-26-15-25(17-29(42)18-26)16-28-3-6-36(55)49-37(28)56/h4-5,15,17-18,20-21,23,28H,3,6-14,16,19,24H2,1-2H3,(H,49,55,56). The average Bonchev–Trinajstić information content (AvgIpc) is 3.35. The van der Waals surface area contributed by atoms with Gasteiger partial charge in [-0.05, 0) is 92.0 Å². The maximum absolute atomic E-state index is 13.8. The summed E-state index contributed by atoms with van der Waals surface area (Å²) in [5, 5.41) is 11.9. The van der Waals surface area contributed by atoms with Gasteiger partial charge in [0.05, 0.1) is 30.7 Å². The second-order valence-electron chi connectivity index (χ2n) is 15.2. The van der Waals surface area contributed by atoms with E-state index in [-0.39, 0.29) is 53.7 Å². The van der Waals surface area contributed by atoms with E-state index < -0.39 is 35.6 Å². The number of aromatic nitrogens is 1. The zero-order chi connectivity index (χ0) is 42.6. The van der Waals surface area contributed by atoms with Crippen LogP contribution in [0.15, 0.2) is 48.7 Å². The minimum absolute atomic E-state index is 0.000606. The van der Waals surface area contributed by atoms with Crippen LogP contribution in [0, 0.1) is 17.2 Å². The van der Waals surface area contributed by atoms with Crippen LogP contribution in [0.25, 0.3) is 0 Å². The van der Waals surface area contributed by atoms with Gasteiger partial charge >= 0.3 is 6.18 Å². The van der Waals surface area contributed by atoms with Gasteiger partial charge < -0.3 is 9.64 Å². The van der Waals surface area contributed by atoms with E-state index in [9.17, 15) is 36.7 Å². The number of carbonyl (C=O) groups excluding carboxylic acids is 4. The summed E-state index contributed by atoms with van der Waals surface area (Å²) >= 11 is 12.0. The summed E-state index contributed by atoms with van der Waals surface area (Å²) in [6.07, 6.45) is -2.50. The third kappa shape index (κ3) is 10.1. The first-order valence-electron chi connectivity index (χ1n) is 19.0. The number of anilines is 2. The van der Waals surface area contributed by atoms with E-state index in [0.29, 0.717) is 86.7 Å². The molecule has 1 atom stereocenters. The molecule has 3 aromatic rings. The second kappa shape index (κ2) is 18.1. The Bertz CT molecular complexity index is 2190. The molecular weight excluding hydrogens is 814 g/mol. The third-order valence-corrected chi connectivity index (χ3v) is 11.2. The Hall–Kier alpha value is -5.02. The number of Topliss-reactive ketones (excluding diaryl/α,β-unsaturated/α-hetero) is 1. The molecule has 3 aliphatic rings. The van der Waals surface area contributed by atoms with E-state index in [4.69, 9.17) is 33.8 Å².